The molecular weight excluding hydrogens is 250 g/mol. The van der Waals surface area contributed by atoms with E-state index in [0.29, 0.717) is 0 Å². The van der Waals surface area contributed by atoms with Crippen molar-refractivity contribution in [3.63, 3.8) is 0 Å². The number of hydrogen-bond acceptors (Lipinski definition) is 5. The quantitative estimate of drug-likeness (QED) is 0.719. The Morgan fingerprint density at radius 1 is 1.47 bits per heavy atom. The SMILES string of the molecule is CCN(CC)c1cnn(CC(O)CC(=O)O)c(=O)c1. The van der Waals surface area contributed by atoms with Crippen LogP contribution in [0.15, 0.2) is 17.1 Å². The first kappa shape index (κ1) is 15.2. The maximum Gasteiger partial charge on any atom is 0.306 e. The topological polar surface area (TPSA) is 95.7 Å². The highest BCUT2D eigenvalue weighted by Crippen LogP contribution is 2.08. The Morgan fingerprint density at radius 3 is 2.58 bits per heavy atom. The summed E-state index contributed by atoms with van der Waals surface area (Å²) in [5, 5.41) is 22.0. The van der Waals surface area contributed by atoms with Gasteiger partial charge in [-0.15, -0.1) is 0 Å². The normalized spacial score (nSPS) is 12.2. The van der Waals surface area contributed by atoms with Gasteiger partial charge in [-0.3, -0.25) is 9.59 Å². The van der Waals surface area contributed by atoms with E-state index in [4.69, 9.17) is 5.11 Å². The van der Waals surface area contributed by atoms with Crippen LogP contribution in [0.5, 0.6) is 0 Å². The molecule has 0 spiro atoms. The van der Waals surface area contributed by atoms with Gasteiger partial charge < -0.3 is 15.1 Å². The minimum absolute atomic E-state index is 0.121. The van der Waals surface area contributed by atoms with E-state index in [-0.39, 0.29) is 12.1 Å². The number of hydrogen-bond donors (Lipinski definition) is 2. The Labute approximate surface area is 111 Å². The maximum absolute atomic E-state index is 11.8. The molecule has 0 fully saturated rings. The van der Waals surface area contributed by atoms with Gasteiger partial charge in [0, 0.05) is 19.2 Å². The summed E-state index contributed by atoms with van der Waals surface area (Å²) in [6, 6.07) is 1.44. The van der Waals surface area contributed by atoms with Crippen LogP contribution in [0.25, 0.3) is 0 Å². The van der Waals surface area contributed by atoms with E-state index in [9.17, 15) is 14.7 Å². The molecule has 2 N–H and O–H groups in total. The van der Waals surface area contributed by atoms with Crippen LogP contribution in [0, 0.1) is 0 Å². The summed E-state index contributed by atoms with van der Waals surface area (Å²) in [5.41, 5.74) is 0.368. The van der Waals surface area contributed by atoms with E-state index in [1.807, 2.05) is 18.7 Å². The molecule has 1 aromatic rings. The molecule has 19 heavy (non-hydrogen) atoms. The van der Waals surface area contributed by atoms with Crippen LogP contribution in [0.4, 0.5) is 5.69 Å². The average molecular weight is 269 g/mol. The second kappa shape index (κ2) is 6.89. The van der Waals surface area contributed by atoms with Gasteiger partial charge >= 0.3 is 5.97 Å². The second-order valence-corrected chi connectivity index (χ2v) is 4.16. The minimum Gasteiger partial charge on any atom is -0.481 e. The highest BCUT2D eigenvalue weighted by atomic mass is 16.4. The molecule has 1 rings (SSSR count). The summed E-state index contributed by atoms with van der Waals surface area (Å²) in [7, 11) is 0. The van der Waals surface area contributed by atoms with Gasteiger partial charge in [0.1, 0.15) is 0 Å². The number of aliphatic carboxylic acids is 1. The lowest BCUT2D eigenvalue weighted by atomic mass is 10.2. The predicted molar refractivity (Wildman–Crippen MR) is 70.3 cm³/mol. The monoisotopic (exact) mass is 269 g/mol. The summed E-state index contributed by atoms with van der Waals surface area (Å²) >= 11 is 0. The number of aliphatic hydroxyl groups is 1. The zero-order chi connectivity index (χ0) is 14.4. The third-order valence-corrected chi connectivity index (χ3v) is 2.78. The number of carbonyl (C=O) groups is 1. The first-order chi connectivity index (χ1) is 8.97. The molecule has 0 saturated heterocycles. The van der Waals surface area contributed by atoms with Crippen LogP contribution in [0.2, 0.25) is 0 Å². The largest absolute Gasteiger partial charge is 0.481 e. The smallest absolute Gasteiger partial charge is 0.306 e. The standard InChI is InChI=1S/C12H19N3O4/c1-3-14(4-2)9-5-11(17)15(13-7-9)8-10(16)6-12(18)19/h5,7,10,16H,3-4,6,8H2,1-2H3,(H,18,19). The van der Waals surface area contributed by atoms with Gasteiger partial charge in [-0.05, 0) is 13.8 Å². The molecule has 1 atom stereocenters. The van der Waals surface area contributed by atoms with E-state index in [0.717, 1.165) is 23.5 Å². The highest BCUT2D eigenvalue weighted by molar-refractivity contribution is 5.67. The Morgan fingerprint density at radius 2 is 2.11 bits per heavy atom. The maximum atomic E-state index is 11.8. The Hall–Kier alpha value is -1.89. The second-order valence-electron chi connectivity index (χ2n) is 4.16. The van der Waals surface area contributed by atoms with Crippen molar-refractivity contribution in [2.24, 2.45) is 0 Å². The van der Waals surface area contributed by atoms with Crippen molar-refractivity contribution in [3.8, 4) is 0 Å². The van der Waals surface area contributed by atoms with E-state index >= 15 is 0 Å². The van der Waals surface area contributed by atoms with Crippen LogP contribution >= 0.6 is 0 Å². The molecule has 0 amide bonds. The van der Waals surface area contributed by atoms with Crippen molar-refractivity contribution in [2.45, 2.75) is 32.9 Å². The molecule has 1 aromatic heterocycles. The summed E-state index contributed by atoms with van der Waals surface area (Å²) in [4.78, 5) is 24.2. The number of carboxylic acids is 1. The molecule has 7 nitrogen and oxygen atoms in total. The van der Waals surface area contributed by atoms with Crippen LogP contribution in [-0.4, -0.2) is 45.2 Å². The van der Waals surface area contributed by atoms with Gasteiger partial charge in [0.15, 0.2) is 0 Å². The third kappa shape index (κ3) is 4.36. The van der Waals surface area contributed by atoms with Gasteiger partial charge in [0.05, 0.1) is 31.0 Å². The molecule has 0 saturated carbocycles. The number of aromatic nitrogens is 2. The molecule has 106 valence electrons. The van der Waals surface area contributed by atoms with Crippen molar-refractivity contribution in [2.75, 3.05) is 18.0 Å². The Balaban J connectivity index is 2.83. The van der Waals surface area contributed by atoms with E-state index in [1.54, 1.807) is 6.20 Å². The average Bonchev–Trinajstić information content (AvgIpc) is 2.33. The van der Waals surface area contributed by atoms with E-state index in [1.165, 1.54) is 6.07 Å². The van der Waals surface area contributed by atoms with Gasteiger partial charge in [-0.25, -0.2) is 4.68 Å². The molecule has 7 heteroatoms. The summed E-state index contributed by atoms with van der Waals surface area (Å²) in [5.74, 6) is -1.11. The first-order valence-corrected chi connectivity index (χ1v) is 6.19. The van der Waals surface area contributed by atoms with Gasteiger partial charge in [-0.2, -0.15) is 5.10 Å². The first-order valence-electron chi connectivity index (χ1n) is 6.19. The van der Waals surface area contributed by atoms with Gasteiger partial charge in [0.25, 0.3) is 5.56 Å². The molecule has 0 bridgehead atoms. The van der Waals surface area contributed by atoms with E-state index < -0.39 is 18.5 Å². The van der Waals surface area contributed by atoms with Crippen molar-refractivity contribution in [1.29, 1.82) is 0 Å². The van der Waals surface area contributed by atoms with Crippen LogP contribution in [0.1, 0.15) is 20.3 Å². The van der Waals surface area contributed by atoms with Crippen molar-refractivity contribution >= 4 is 11.7 Å². The Kier molecular flexibility index (Phi) is 5.50. The lowest BCUT2D eigenvalue weighted by Crippen LogP contribution is -2.31. The number of carboxylic acid groups (broad SMARTS) is 1. The fourth-order valence-corrected chi connectivity index (χ4v) is 1.79. The minimum atomic E-state index is -1.12. The highest BCUT2D eigenvalue weighted by Gasteiger charge is 2.12. The molecule has 1 unspecified atom stereocenters. The summed E-state index contributed by atoms with van der Waals surface area (Å²) < 4.78 is 1.07. The van der Waals surface area contributed by atoms with Crippen LogP contribution < -0.4 is 10.5 Å². The number of anilines is 1. The zero-order valence-electron chi connectivity index (χ0n) is 11.1. The summed E-state index contributed by atoms with van der Waals surface area (Å²) in [6.45, 7) is 5.37. The number of rotatable bonds is 7. The van der Waals surface area contributed by atoms with Crippen LogP contribution in [0.3, 0.4) is 0 Å². The lowest BCUT2D eigenvalue weighted by Gasteiger charge is -2.20. The fraction of sp³-hybridized carbons (Fsp3) is 0.583. The molecule has 0 radical (unpaired) electrons. The molecule has 0 aliphatic carbocycles. The third-order valence-electron chi connectivity index (χ3n) is 2.78. The Bertz CT molecular complexity index is 482. The number of aliphatic hydroxyl groups excluding tert-OH is 1. The van der Waals surface area contributed by atoms with Gasteiger partial charge in [-0.1, -0.05) is 0 Å². The van der Waals surface area contributed by atoms with Crippen molar-refractivity contribution in [3.05, 3.63) is 22.6 Å². The van der Waals surface area contributed by atoms with Crippen LogP contribution in [-0.2, 0) is 11.3 Å². The molecule has 0 aliphatic heterocycles. The lowest BCUT2D eigenvalue weighted by molar-refractivity contribution is -0.139. The van der Waals surface area contributed by atoms with Crippen molar-refractivity contribution < 1.29 is 15.0 Å². The molecule has 0 aliphatic rings. The van der Waals surface area contributed by atoms with Gasteiger partial charge in [0.2, 0.25) is 0 Å². The molecule has 1 heterocycles. The van der Waals surface area contributed by atoms with E-state index in [2.05, 4.69) is 5.10 Å². The number of nitrogens with zero attached hydrogens (tertiary/aromatic N) is 3. The molecular formula is C12H19N3O4. The fourth-order valence-electron chi connectivity index (χ4n) is 1.79. The predicted octanol–water partition coefficient (Wildman–Crippen LogP) is -0.0749. The molecule has 0 aromatic carbocycles. The zero-order valence-corrected chi connectivity index (χ0v) is 11.1. The summed E-state index contributed by atoms with van der Waals surface area (Å²) in [6.07, 6.45) is 0.00960. The van der Waals surface area contributed by atoms with Crippen molar-refractivity contribution in [1.82, 2.24) is 9.78 Å².